The first kappa shape index (κ1) is 13.7. The third-order valence-corrected chi connectivity index (χ3v) is 3.73. The topological polar surface area (TPSA) is 0 Å². The van der Waals surface area contributed by atoms with Gasteiger partial charge in [0.2, 0.25) is 0 Å². The van der Waals surface area contributed by atoms with Crippen LogP contribution in [0.3, 0.4) is 0 Å². The molecule has 0 radical (unpaired) electrons. The molecule has 1 rings (SSSR count). The van der Waals surface area contributed by atoms with Crippen LogP contribution in [0.1, 0.15) is 12.0 Å². The number of hydrogen-bond donors (Lipinski definition) is 0. The van der Waals surface area contributed by atoms with Crippen molar-refractivity contribution in [2.45, 2.75) is 12.8 Å². The van der Waals surface area contributed by atoms with Gasteiger partial charge in [0, 0.05) is 16.1 Å². The Balaban J connectivity index is 3.03. The smallest absolute Gasteiger partial charge is 0.165 e. The molecule has 0 aromatic heterocycles. The Bertz CT molecular complexity index is 403. The van der Waals surface area contributed by atoms with Crippen LogP contribution < -0.4 is 0 Å². The first-order chi connectivity index (χ1) is 7.47. The molecule has 0 aliphatic carbocycles. The van der Waals surface area contributed by atoms with Gasteiger partial charge >= 0.3 is 0 Å². The summed E-state index contributed by atoms with van der Waals surface area (Å²) in [6, 6.07) is 0.198. The van der Waals surface area contributed by atoms with Gasteiger partial charge in [-0.3, -0.25) is 0 Å². The zero-order chi connectivity index (χ0) is 12.3. The van der Waals surface area contributed by atoms with E-state index < -0.39 is 28.8 Å². The molecule has 16 heavy (non-hydrogen) atoms. The van der Waals surface area contributed by atoms with E-state index in [-0.39, 0.29) is 18.9 Å². The van der Waals surface area contributed by atoms with E-state index >= 15 is 0 Å². The molecule has 0 aliphatic rings. The fourth-order valence-electron chi connectivity index (χ4n) is 1.14. The summed E-state index contributed by atoms with van der Waals surface area (Å²) in [7, 11) is 0. The van der Waals surface area contributed by atoms with Crippen molar-refractivity contribution in [1.82, 2.24) is 0 Å². The summed E-state index contributed by atoms with van der Waals surface area (Å²) in [5.74, 6) is -5.44. The zero-order valence-electron chi connectivity index (χ0n) is 7.84. The molecule has 1 aromatic carbocycles. The van der Waals surface area contributed by atoms with Crippen LogP contribution in [0, 0.1) is 23.3 Å². The van der Waals surface area contributed by atoms with Gasteiger partial charge in [0.1, 0.15) is 0 Å². The standard InChI is InChI=1S/C10H6Br2F4/c11-4-5(12)1-2-6-9(15)7(13)3-8(14)10(6)16/h3-4H,1-2H2/b5-4+. The van der Waals surface area contributed by atoms with Crippen molar-refractivity contribution >= 4 is 31.9 Å². The highest BCUT2D eigenvalue weighted by molar-refractivity contribution is 9.14. The van der Waals surface area contributed by atoms with Crippen LogP contribution in [0.25, 0.3) is 0 Å². The fraction of sp³-hybridized carbons (Fsp3) is 0.200. The minimum atomic E-state index is -1.38. The van der Waals surface area contributed by atoms with Crippen LogP contribution in [-0.2, 0) is 6.42 Å². The van der Waals surface area contributed by atoms with Crippen molar-refractivity contribution in [2.24, 2.45) is 0 Å². The summed E-state index contributed by atoms with van der Waals surface area (Å²) in [4.78, 5) is 1.51. The average Bonchev–Trinajstić information content (AvgIpc) is 2.26. The van der Waals surface area contributed by atoms with Crippen molar-refractivity contribution < 1.29 is 17.6 Å². The van der Waals surface area contributed by atoms with Gasteiger partial charge in [-0.15, -0.1) is 0 Å². The second-order valence-electron chi connectivity index (χ2n) is 3.00. The minimum absolute atomic E-state index is 0.130. The van der Waals surface area contributed by atoms with Crippen LogP contribution in [0.15, 0.2) is 15.5 Å². The Morgan fingerprint density at radius 2 is 1.62 bits per heavy atom. The minimum Gasteiger partial charge on any atom is -0.204 e. The largest absolute Gasteiger partial charge is 0.204 e. The summed E-state index contributed by atoms with van der Waals surface area (Å²) >= 11 is 6.11. The molecule has 1 aromatic rings. The average molecular weight is 362 g/mol. The molecule has 0 aliphatic heterocycles. The van der Waals surface area contributed by atoms with Gasteiger partial charge < -0.3 is 0 Å². The monoisotopic (exact) mass is 360 g/mol. The van der Waals surface area contributed by atoms with E-state index in [0.717, 1.165) is 0 Å². The van der Waals surface area contributed by atoms with Crippen molar-refractivity contribution in [3.8, 4) is 0 Å². The van der Waals surface area contributed by atoms with E-state index in [9.17, 15) is 17.6 Å². The number of halogens is 6. The lowest BCUT2D eigenvalue weighted by Crippen LogP contribution is -2.02. The van der Waals surface area contributed by atoms with E-state index in [0.29, 0.717) is 4.48 Å². The number of hydrogen-bond acceptors (Lipinski definition) is 0. The van der Waals surface area contributed by atoms with Crippen LogP contribution in [0.2, 0.25) is 0 Å². The molecule has 0 fully saturated rings. The number of benzene rings is 1. The third kappa shape index (κ3) is 3.07. The molecule has 0 saturated heterocycles. The third-order valence-electron chi connectivity index (χ3n) is 1.93. The molecule has 0 spiro atoms. The second-order valence-corrected chi connectivity index (χ2v) is 4.48. The van der Waals surface area contributed by atoms with Gasteiger partial charge in [0.15, 0.2) is 23.3 Å². The molecule has 0 N–H and O–H groups in total. The molecular formula is C10H6Br2F4. The fourth-order valence-corrected chi connectivity index (χ4v) is 1.57. The second kappa shape index (κ2) is 5.82. The lowest BCUT2D eigenvalue weighted by atomic mass is 10.1. The maximum absolute atomic E-state index is 13.2. The van der Waals surface area contributed by atoms with E-state index in [2.05, 4.69) is 31.9 Å². The number of rotatable bonds is 3. The quantitative estimate of drug-likeness (QED) is 0.535. The summed E-state index contributed by atoms with van der Waals surface area (Å²) in [6.07, 6.45) is 0.108. The van der Waals surface area contributed by atoms with E-state index in [1.165, 1.54) is 4.99 Å². The van der Waals surface area contributed by atoms with Crippen LogP contribution in [0.5, 0.6) is 0 Å². The highest BCUT2D eigenvalue weighted by Gasteiger charge is 2.18. The molecule has 0 amide bonds. The highest BCUT2D eigenvalue weighted by Crippen LogP contribution is 2.23. The van der Waals surface area contributed by atoms with E-state index in [4.69, 9.17) is 0 Å². The normalized spacial score (nSPS) is 12.0. The molecule has 0 heterocycles. The lowest BCUT2D eigenvalue weighted by molar-refractivity contribution is 0.439. The van der Waals surface area contributed by atoms with Crippen molar-refractivity contribution in [1.29, 1.82) is 0 Å². The van der Waals surface area contributed by atoms with Gasteiger partial charge in [0.05, 0.1) is 0 Å². The van der Waals surface area contributed by atoms with Gasteiger partial charge in [-0.25, -0.2) is 17.6 Å². The summed E-state index contributed by atoms with van der Waals surface area (Å²) in [5, 5.41) is 0. The van der Waals surface area contributed by atoms with Gasteiger partial charge in [-0.05, 0) is 17.8 Å². The van der Waals surface area contributed by atoms with Gasteiger partial charge in [0.25, 0.3) is 0 Å². The molecule has 0 bridgehead atoms. The SMILES string of the molecule is Fc1cc(F)c(F)c(CC/C(Br)=C\Br)c1F. The Hall–Kier alpha value is -0.360. The molecule has 0 saturated carbocycles. The van der Waals surface area contributed by atoms with Crippen LogP contribution >= 0.6 is 31.9 Å². The predicted molar refractivity (Wildman–Crippen MR) is 60.5 cm³/mol. The van der Waals surface area contributed by atoms with Crippen LogP contribution in [-0.4, -0.2) is 0 Å². The predicted octanol–water partition coefficient (Wildman–Crippen LogP) is 4.81. The molecule has 0 unspecified atom stereocenters. The first-order valence-corrected chi connectivity index (χ1v) is 5.94. The van der Waals surface area contributed by atoms with Crippen molar-refractivity contribution in [3.63, 3.8) is 0 Å². The molecule has 0 nitrogen and oxygen atoms in total. The molecule has 0 atom stereocenters. The zero-order valence-corrected chi connectivity index (χ0v) is 11.0. The van der Waals surface area contributed by atoms with Gasteiger partial charge in [-0.1, -0.05) is 31.9 Å². The van der Waals surface area contributed by atoms with Crippen molar-refractivity contribution in [2.75, 3.05) is 0 Å². The molecule has 6 heteroatoms. The Kier molecular flexibility index (Phi) is 4.98. The van der Waals surface area contributed by atoms with E-state index in [1.54, 1.807) is 0 Å². The van der Waals surface area contributed by atoms with Crippen molar-refractivity contribution in [3.05, 3.63) is 44.4 Å². The Labute approximate surface area is 107 Å². The lowest BCUT2D eigenvalue weighted by Gasteiger charge is -2.06. The maximum Gasteiger partial charge on any atom is 0.165 e. The summed E-state index contributed by atoms with van der Waals surface area (Å²) in [6.45, 7) is 0. The summed E-state index contributed by atoms with van der Waals surface area (Å²) < 4.78 is 52.6. The molecule has 88 valence electrons. The number of allylic oxidation sites excluding steroid dienone is 1. The van der Waals surface area contributed by atoms with E-state index in [1.807, 2.05) is 0 Å². The maximum atomic E-state index is 13.2. The highest BCUT2D eigenvalue weighted by atomic mass is 79.9. The summed E-state index contributed by atoms with van der Waals surface area (Å²) in [5.41, 5.74) is -0.580. The first-order valence-electron chi connectivity index (χ1n) is 4.24. The Morgan fingerprint density at radius 3 is 2.06 bits per heavy atom. The Morgan fingerprint density at radius 1 is 1.12 bits per heavy atom. The van der Waals surface area contributed by atoms with Gasteiger partial charge in [-0.2, -0.15) is 0 Å². The molecular weight excluding hydrogens is 356 g/mol. The van der Waals surface area contributed by atoms with Crippen LogP contribution in [0.4, 0.5) is 17.6 Å².